The molecule has 66 valence electrons. The first-order valence-electron chi connectivity index (χ1n) is 4.00. The van der Waals surface area contributed by atoms with Crippen LogP contribution in [0.5, 0.6) is 0 Å². The van der Waals surface area contributed by atoms with Crippen molar-refractivity contribution in [2.24, 2.45) is 0 Å². The maximum Gasteiger partial charge on any atom is 0.596 e. The maximum atomic E-state index is 5.41. The third-order valence-corrected chi connectivity index (χ3v) is 4.01. The van der Waals surface area contributed by atoms with Gasteiger partial charge in [0.1, 0.15) is 0 Å². The fourth-order valence-electron chi connectivity index (χ4n) is 1.05. The van der Waals surface area contributed by atoms with Crippen molar-refractivity contribution < 1.29 is 13.3 Å². The van der Waals surface area contributed by atoms with Gasteiger partial charge in [-0.2, -0.15) is 0 Å². The second-order valence-corrected chi connectivity index (χ2v) is 4.53. The van der Waals surface area contributed by atoms with Crippen LogP contribution in [-0.4, -0.2) is 35.3 Å². The van der Waals surface area contributed by atoms with Gasteiger partial charge in [0.05, 0.1) is 6.61 Å². The van der Waals surface area contributed by atoms with Crippen LogP contribution in [0.4, 0.5) is 0 Å². The Hall–Kier alpha value is 0.0569. The molecule has 0 aromatic rings. The third-order valence-electron chi connectivity index (χ3n) is 1.40. The van der Waals surface area contributed by atoms with Crippen molar-refractivity contribution in [2.75, 3.05) is 26.4 Å². The van der Waals surface area contributed by atoms with Gasteiger partial charge in [-0.25, -0.2) is 0 Å². The minimum Gasteiger partial charge on any atom is -0.361 e. The Labute approximate surface area is 68.3 Å². The topological polar surface area (TPSA) is 39.7 Å². The van der Waals surface area contributed by atoms with Gasteiger partial charge < -0.3 is 13.3 Å². The lowest BCUT2D eigenvalue weighted by atomic mass is 10.8. The highest BCUT2D eigenvalue weighted by atomic mass is 28.4. The van der Waals surface area contributed by atoms with Gasteiger partial charge in [-0.05, 0) is 13.8 Å². The highest BCUT2D eigenvalue weighted by Crippen LogP contribution is 2.09. The fraction of sp³-hybridized carbons (Fsp3) is 1.00. The molecule has 0 aromatic carbocycles. The molecule has 1 aliphatic heterocycles. The summed E-state index contributed by atoms with van der Waals surface area (Å²) in [4.78, 5) is 3.14. The molecule has 1 N–H and O–H groups in total. The molecule has 0 radical (unpaired) electrons. The van der Waals surface area contributed by atoms with Crippen LogP contribution in [-0.2, 0) is 13.3 Å². The Balaban J connectivity index is 2.40. The molecule has 0 bridgehead atoms. The first-order chi connectivity index (χ1) is 5.33. The Bertz CT molecular complexity index is 108. The molecule has 0 spiro atoms. The Kier molecular flexibility index (Phi) is 3.47. The summed E-state index contributed by atoms with van der Waals surface area (Å²) in [7, 11) is -2.38. The molecule has 1 aliphatic rings. The number of rotatable bonds is 4. The van der Waals surface area contributed by atoms with Crippen LogP contribution in [0, 0.1) is 0 Å². The van der Waals surface area contributed by atoms with E-state index in [1.54, 1.807) is 0 Å². The van der Waals surface area contributed by atoms with Gasteiger partial charge in [-0.15, -0.1) is 0 Å². The number of hydrogen-bond donors (Lipinski definition) is 1. The molecule has 0 amide bonds. The van der Waals surface area contributed by atoms with Crippen LogP contribution in [0.25, 0.3) is 0 Å². The zero-order valence-electron chi connectivity index (χ0n) is 7.05. The minimum absolute atomic E-state index is 0.638. The predicted octanol–water partition coefficient (Wildman–Crippen LogP) is 0.115. The molecular weight excluding hydrogens is 162 g/mol. The summed E-state index contributed by atoms with van der Waals surface area (Å²) in [6.07, 6.45) is 0. The Morgan fingerprint density at radius 1 is 1.36 bits per heavy atom. The summed E-state index contributed by atoms with van der Waals surface area (Å²) in [6.45, 7) is 6.70. The first kappa shape index (κ1) is 9.15. The van der Waals surface area contributed by atoms with Crippen molar-refractivity contribution in [3.63, 3.8) is 0 Å². The summed E-state index contributed by atoms with van der Waals surface area (Å²) >= 11 is 0. The standard InChI is InChI=1S/C6H15NO3Si/c1-3-8-11(9-4-2)7-5-6-10-11/h7H,3-6H2,1-2H3. The van der Waals surface area contributed by atoms with E-state index in [2.05, 4.69) is 4.98 Å². The van der Waals surface area contributed by atoms with Gasteiger partial charge in [-0.1, -0.05) is 0 Å². The third kappa shape index (κ3) is 2.24. The van der Waals surface area contributed by atoms with Gasteiger partial charge in [0.15, 0.2) is 0 Å². The second kappa shape index (κ2) is 4.17. The molecule has 5 heteroatoms. The summed E-state index contributed by atoms with van der Waals surface area (Å²) in [5.74, 6) is 0. The van der Waals surface area contributed by atoms with Crippen molar-refractivity contribution in [1.29, 1.82) is 0 Å². The molecule has 1 fully saturated rings. The minimum atomic E-state index is -2.38. The lowest BCUT2D eigenvalue weighted by Crippen LogP contribution is -2.53. The fourth-order valence-corrected chi connectivity index (χ4v) is 3.14. The van der Waals surface area contributed by atoms with Crippen LogP contribution in [0.15, 0.2) is 0 Å². The maximum absolute atomic E-state index is 5.41. The van der Waals surface area contributed by atoms with Crippen molar-refractivity contribution >= 4 is 8.97 Å². The lowest BCUT2D eigenvalue weighted by Gasteiger charge is -2.21. The molecule has 11 heavy (non-hydrogen) atoms. The molecule has 0 unspecified atom stereocenters. The predicted molar refractivity (Wildman–Crippen MR) is 43.0 cm³/mol. The summed E-state index contributed by atoms with van der Waals surface area (Å²) in [6, 6.07) is 0. The molecule has 0 atom stereocenters. The van der Waals surface area contributed by atoms with Gasteiger partial charge in [0.25, 0.3) is 0 Å². The van der Waals surface area contributed by atoms with Crippen LogP contribution in [0.2, 0.25) is 0 Å². The molecule has 0 aliphatic carbocycles. The van der Waals surface area contributed by atoms with Crippen LogP contribution >= 0.6 is 0 Å². The highest BCUT2D eigenvalue weighted by Gasteiger charge is 2.45. The second-order valence-electron chi connectivity index (χ2n) is 2.20. The molecule has 1 heterocycles. The molecule has 0 aromatic heterocycles. The van der Waals surface area contributed by atoms with Gasteiger partial charge in [0, 0.05) is 19.8 Å². The monoisotopic (exact) mass is 177 g/mol. The van der Waals surface area contributed by atoms with Crippen molar-refractivity contribution in [3.05, 3.63) is 0 Å². The summed E-state index contributed by atoms with van der Waals surface area (Å²) < 4.78 is 16.2. The summed E-state index contributed by atoms with van der Waals surface area (Å²) in [5.41, 5.74) is 0. The highest BCUT2D eigenvalue weighted by molar-refractivity contribution is 6.58. The molecule has 4 nitrogen and oxygen atoms in total. The van der Waals surface area contributed by atoms with E-state index in [4.69, 9.17) is 13.3 Å². The van der Waals surface area contributed by atoms with E-state index in [0.29, 0.717) is 19.8 Å². The van der Waals surface area contributed by atoms with E-state index in [0.717, 1.165) is 6.54 Å². The van der Waals surface area contributed by atoms with Crippen LogP contribution in [0.1, 0.15) is 13.8 Å². The number of hydrogen-bond acceptors (Lipinski definition) is 4. The van der Waals surface area contributed by atoms with Gasteiger partial charge >= 0.3 is 8.97 Å². The van der Waals surface area contributed by atoms with Crippen LogP contribution < -0.4 is 4.98 Å². The van der Waals surface area contributed by atoms with E-state index in [-0.39, 0.29) is 0 Å². The quantitative estimate of drug-likeness (QED) is 0.619. The van der Waals surface area contributed by atoms with Crippen LogP contribution in [0.3, 0.4) is 0 Å². The van der Waals surface area contributed by atoms with E-state index in [1.165, 1.54) is 0 Å². The van der Waals surface area contributed by atoms with E-state index >= 15 is 0 Å². The lowest BCUT2D eigenvalue weighted by molar-refractivity contribution is 0.0854. The van der Waals surface area contributed by atoms with Crippen molar-refractivity contribution in [2.45, 2.75) is 13.8 Å². The largest absolute Gasteiger partial charge is 0.596 e. The molecular formula is C6H15NO3Si. The van der Waals surface area contributed by atoms with Crippen molar-refractivity contribution in [3.8, 4) is 0 Å². The summed E-state index contributed by atoms with van der Waals surface area (Å²) in [5, 5.41) is 0. The zero-order chi connectivity index (χ0) is 8.16. The normalized spacial score (nSPS) is 22.4. The SMILES string of the molecule is CCO[Si]1(OCC)NCCO1. The van der Waals surface area contributed by atoms with E-state index < -0.39 is 8.97 Å². The molecule has 1 saturated heterocycles. The van der Waals surface area contributed by atoms with Crippen molar-refractivity contribution in [1.82, 2.24) is 4.98 Å². The molecule has 0 saturated carbocycles. The average Bonchev–Trinajstić information content (AvgIpc) is 2.39. The average molecular weight is 177 g/mol. The van der Waals surface area contributed by atoms with Gasteiger partial charge in [-0.3, -0.25) is 4.98 Å². The van der Waals surface area contributed by atoms with E-state index in [9.17, 15) is 0 Å². The molecule has 1 rings (SSSR count). The smallest absolute Gasteiger partial charge is 0.361 e. The van der Waals surface area contributed by atoms with E-state index in [1.807, 2.05) is 13.8 Å². The first-order valence-corrected chi connectivity index (χ1v) is 5.72. The zero-order valence-corrected chi connectivity index (χ0v) is 8.05. The van der Waals surface area contributed by atoms with Gasteiger partial charge in [0.2, 0.25) is 0 Å². The number of nitrogens with one attached hydrogen (secondary N) is 1. The Morgan fingerprint density at radius 2 is 2.00 bits per heavy atom. The Morgan fingerprint density at radius 3 is 2.36 bits per heavy atom.